The van der Waals surface area contributed by atoms with Crippen molar-refractivity contribution in [1.82, 2.24) is 5.32 Å². The standard InChI is InChI=1S/C12H14N2O2/c1-2-10(6-13)14-7-9-4-3-5-11-12(9)16-8-15-11/h3-5,10,14H,2,7-8H2,1H3. The molecule has 4 nitrogen and oxygen atoms in total. The summed E-state index contributed by atoms with van der Waals surface area (Å²) in [5.74, 6) is 1.58. The maximum absolute atomic E-state index is 8.83. The minimum absolute atomic E-state index is 0.113. The second-order valence-electron chi connectivity index (χ2n) is 3.62. The number of nitriles is 1. The Bertz CT molecular complexity index is 412. The number of rotatable bonds is 4. The van der Waals surface area contributed by atoms with Crippen molar-refractivity contribution >= 4 is 0 Å². The quantitative estimate of drug-likeness (QED) is 0.837. The Morgan fingerprint density at radius 1 is 1.50 bits per heavy atom. The lowest BCUT2D eigenvalue weighted by molar-refractivity contribution is 0.173. The van der Waals surface area contributed by atoms with E-state index >= 15 is 0 Å². The zero-order valence-electron chi connectivity index (χ0n) is 9.19. The fraction of sp³-hybridized carbons (Fsp3) is 0.417. The molecule has 1 aliphatic heterocycles. The monoisotopic (exact) mass is 218 g/mol. The maximum Gasteiger partial charge on any atom is 0.231 e. The number of hydrogen-bond acceptors (Lipinski definition) is 4. The lowest BCUT2D eigenvalue weighted by Crippen LogP contribution is -2.26. The van der Waals surface area contributed by atoms with Crippen LogP contribution in [-0.2, 0) is 6.54 Å². The van der Waals surface area contributed by atoms with Gasteiger partial charge in [-0.15, -0.1) is 0 Å². The molecule has 1 aliphatic rings. The van der Waals surface area contributed by atoms with Crippen LogP contribution in [0.1, 0.15) is 18.9 Å². The minimum Gasteiger partial charge on any atom is -0.454 e. The van der Waals surface area contributed by atoms with Crippen molar-refractivity contribution in [3.63, 3.8) is 0 Å². The van der Waals surface area contributed by atoms with Gasteiger partial charge in [0, 0.05) is 12.1 Å². The first-order valence-corrected chi connectivity index (χ1v) is 5.35. The number of para-hydroxylation sites is 1. The van der Waals surface area contributed by atoms with Crippen LogP contribution in [0.2, 0.25) is 0 Å². The van der Waals surface area contributed by atoms with Gasteiger partial charge in [0.25, 0.3) is 0 Å². The summed E-state index contributed by atoms with van der Waals surface area (Å²) in [5.41, 5.74) is 1.03. The first-order valence-electron chi connectivity index (χ1n) is 5.35. The predicted octanol–water partition coefficient (Wildman–Crippen LogP) is 1.81. The Balaban J connectivity index is 2.06. The van der Waals surface area contributed by atoms with Gasteiger partial charge in [-0.05, 0) is 12.5 Å². The van der Waals surface area contributed by atoms with E-state index in [-0.39, 0.29) is 12.8 Å². The highest BCUT2D eigenvalue weighted by Gasteiger charge is 2.17. The van der Waals surface area contributed by atoms with E-state index in [9.17, 15) is 0 Å². The first-order chi connectivity index (χ1) is 7.85. The molecule has 0 aromatic heterocycles. The van der Waals surface area contributed by atoms with Crippen LogP contribution in [0.3, 0.4) is 0 Å². The maximum atomic E-state index is 8.83. The Labute approximate surface area is 94.8 Å². The summed E-state index contributed by atoms with van der Waals surface area (Å²) in [6.45, 7) is 2.89. The second-order valence-corrected chi connectivity index (χ2v) is 3.62. The average Bonchev–Trinajstić information content (AvgIpc) is 2.79. The van der Waals surface area contributed by atoms with Gasteiger partial charge in [-0.2, -0.15) is 5.26 Å². The molecule has 0 saturated carbocycles. The summed E-state index contributed by atoms with van der Waals surface area (Å²) in [6, 6.07) is 7.88. The van der Waals surface area contributed by atoms with Crippen LogP contribution in [0.15, 0.2) is 18.2 Å². The largest absolute Gasteiger partial charge is 0.454 e. The van der Waals surface area contributed by atoms with Crippen LogP contribution in [0.5, 0.6) is 11.5 Å². The van der Waals surface area contributed by atoms with Crippen molar-refractivity contribution in [2.24, 2.45) is 0 Å². The number of nitrogens with one attached hydrogen (secondary N) is 1. The summed E-state index contributed by atoms with van der Waals surface area (Å²) < 4.78 is 10.7. The lowest BCUT2D eigenvalue weighted by atomic mass is 10.1. The van der Waals surface area contributed by atoms with Gasteiger partial charge in [0.2, 0.25) is 6.79 Å². The van der Waals surface area contributed by atoms with E-state index in [1.54, 1.807) is 0 Å². The number of ether oxygens (including phenoxy) is 2. The van der Waals surface area contributed by atoms with E-state index in [1.165, 1.54) is 0 Å². The Morgan fingerprint density at radius 2 is 2.38 bits per heavy atom. The molecule has 1 aromatic carbocycles. The molecule has 1 heterocycles. The topological polar surface area (TPSA) is 54.3 Å². The summed E-state index contributed by atoms with van der Waals surface area (Å²) in [5, 5.41) is 12.0. The molecule has 0 fully saturated rings. The fourth-order valence-electron chi connectivity index (χ4n) is 1.64. The molecule has 0 saturated heterocycles. The zero-order valence-corrected chi connectivity index (χ0v) is 9.19. The van der Waals surface area contributed by atoms with Crippen LogP contribution in [0.4, 0.5) is 0 Å². The van der Waals surface area contributed by atoms with Crippen molar-refractivity contribution in [1.29, 1.82) is 5.26 Å². The third-order valence-corrected chi connectivity index (χ3v) is 2.58. The molecule has 84 valence electrons. The molecule has 0 amide bonds. The summed E-state index contributed by atoms with van der Waals surface area (Å²) in [4.78, 5) is 0. The molecule has 1 unspecified atom stereocenters. The lowest BCUT2D eigenvalue weighted by Gasteiger charge is -2.10. The molecule has 0 bridgehead atoms. The number of benzene rings is 1. The molecule has 0 radical (unpaired) electrons. The van der Waals surface area contributed by atoms with Crippen molar-refractivity contribution in [2.75, 3.05) is 6.79 Å². The van der Waals surface area contributed by atoms with Crippen LogP contribution in [0.25, 0.3) is 0 Å². The van der Waals surface area contributed by atoms with Crippen molar-refractivity contribution < 1.29 is 9.47 Å². The molecule has 16 heavy (non-hydrogen) atoms. The third kappa shape index (κ3) is 2.10. The molecular formula is C12H14N2O2. The highest BCUT2D eigenvalue weighted by atomic mass is 16.7. The summed E-state index contributed by atoms with van der Waals surface area (Å²) >= 11 is 0. The number of hydrogen-bond donors (Lipinski definition) is 1. The van der Waals surface area contributed by atoms with Crippen molar-refractivity contribution in [2.45, 2.75) is 25.9 Å². The predicted molar refractivity (Wildman–Crippen MR) is 59.1 cm³/mol. The SMILES string of the molecule is CCC(C#N)NCc1cccc2c1OCO2. The Kier molecular flexibility index (Phi) is 3.28. The van der Waals surface area contributed by atoms with Gasteiger partial charge < -0.3 is 9.47 Å². The van der Waals surface area contributed by atoms with Gasteiger partial charge >= 0.3 is 0 Å². The van der Waals surface area contributed by atoms with E-state index in [2.05, 4.69) is 11.4 Å². The highest BCUT2D eigenvalue weighted by molar-refractivity contribution is 5.48. The van der Waals surface area contributed by atoms with E-state index in [4.69, 9.17) is 14.7 Å². The van der Waals surface area contributed by atoms with E-state index < -0.39 is 0 Å². The fourth-order valence-corrected chi connectivity index (χ4v) is 1.64. The molecule has 1 atom stereocenters. The van der Waals surface area contributed by atoms with Crippen molar-refractivity contribution in [3.8, 4) is 17.6 Å². The van der Waals surface area contributed by atoms with Gasteiger partial charge in [0.15, 0.2) is 11.5 Å². The summed E-state index contributed by atoms with van der Waals surface area (Å²) in [6.07, 6.45) is 0.795. The van der Waals surface area contributed by atoms with Crippen LogP contribution in [0, 0.1) is 11.3 Å². The molecular weight excluding hydrogens is 204 g/mol. The molecule has 0 spiro atoms. The molecule has 1 aromatic rings. The highest BCUT2D eigenvalue weighted by Crippen LogP contribution is 2.35. The Morgan fingerprint density at radius 3 is 3.12 bits per heavy atom. The smallest absolute Gasteiger partial charge is 0.231 e. The van der Waals surface area contributed by atoms with Gasteiger partial charge in [0.05, 0.1) is 12.1 Å². The number of nitrogens with zero attached hydrogens (tertiary/aromatic N) is 1. The zero-order chi connectivity index (χ0) is 11.4. The van der Waals surface area contributed by atoms with E-state index in [0.29, 0.717) is 6.54 Å². The minimum atomic E-state index is -0.113. The van der Waals surface area contributed by atoms with Crippen LogP contribution >= 0.6 is 0 Å². The van der Waals surface area contributed by atoms with E-state index in [1.807, 2.05) is 25.1 Å². The second kappa shape index (κ2) is 4.86. The third-order valence-electron chi connectivity index (χ3n) is 2.58. The molecule has 2 rings (SSSR count). The molecule has 4 heteroatoms. The van der Waals surface area contributed by atoms with Crippen molar-refractivity contribution in [3.05, 3.63) is 23.8 Å². The average molecular weight is 218 g/mol. The normalized spacial score (nSPS) is 14.5. The molecule has 0 aliphatic carbocycles. The molecule has 1 N–H and O–H groups in total. The van der Waals surface area contributed by atoms with E-state index in [0.717, 1.165) is 23.5 Å². The van der Waals surface area contributed by atoms with Crippen LogP contribution < -0.4 is 14.8 Å². The Hall–Kier alpha value is -1.73. The van der Waals surface area contributed by atoms with Gasteiger partial charge in [-0.3, -0.25) is 5.32 Å². The number of fused-ring (bicyclic) bond motifs is 1. The van der Waals surface area contributed by atoms with Crippen LogP contribution in [-0.4, -0.2) is 12.8 Å². The van der Waals surface area contributed by atoms with Gasteiger partial charge in [-0.1, -0.05) is 19.1 Å². The van der Waals surface area contributed by atoms with Gasteiger partial charge in [-0.25, -0.2) is 0 Å². The summed E-state index contributed by atoms with van der Waals surface area (Å²) in [7, 11) is 0. The van der Waals surface area contributed by atoms with Gasteiger partial charge in [0.1, 0.15) is 0 Å². The first kappa shape index (κ1) is 10.8.